The van der Waals surface area contributed by atoms with Crippen molar-refractivity contribution in [3.8, 4) is 5.75 Å². The minimum Gasteiger partial charge on any atom is -0.489 e. The number of nitrogens with one attached hydrogen (secondary N) is 1. The van der Waals surface area contributed by atoms with Gasteiger partial charge in [0.15, 0.2) is 0 Å². The fraction of sp³-hybridized carbons (Fsp3) is 0.200. The maximum absolute atomic E-state index is 12.5. The molecule has 3 aromatic rings. The molecule has 26 heavy (non-hydrogen) atoms. The van der Waals surface area contributed by atoms with Crippen LogP contribution in [0, 0.1) is 20.8 Å². The molecule has 0 bridgehead atoms. The van der Waals surface area contributed by atoms with Gasteiger partial charge in [0.1, 0.15) is 18.1 Å². The lowest BCUT2D eigenvalue weighted by molar-refractivity contribution is 0.102. The molecule has 0 radical (unpaired) electrons. The second kappa shape index (κ2) is 7.62. The Labute approximate surface area is 156 Å². The lowest BCUT2D eigenvalue weighted by Gasteiger charge is -2.09. The van der Waals surface area contributed by atoms with Crippen LogP contribution in [-0.4, -0.2) is 11.1 Å². The van der Waals surface area contributed by atoms with Crippen molar-refractivity contribution in [1.82, 2.24) is 5.16 Å². The topological polar surface area (TPSA) is 64.4 Å². The number of hydrogen-bond donors (Lipinski definition) is 1. The van der Waals surface area contributed by atoms with E-state index in [1.807, 2.05) is 32.9 Å². The SMILES string of the molecule is Cc1ccc(NC(=O)c2cccc(OCc3c(C)noc3C)c2)cc1Cl. The number of ether oxygens (including phenoxy) is 1. The van der Waals surface area contributed by atoms with E-state index in [0.29, 0.717) is 28.6 Å². The molecule has 0 saturated carbocycles. The summed E-state index contributed by atoms with van der Waals surface area (Å²) in [7, 11) is 0. The predicted octanol–water partition coefficient (Wildman–Crippen LogP) is 5.08. The fourth-order valence-corrected chi connectivity index (χ4v) is 2.64. The van der Waals surface area contributed by atoms with Crippen LogP contribution in [0.3, 0.4) is 0 Å². The van der Waals surface area contributed by atoms with Crippen LogP contribution in [0.25, 0.3) is 0 Å². The molecule has 0 unspecified atom stereocenters. The highest BCUT2D eigenvalue weighted by Gasteiger charge is 2.11. The number of anilines is 1. The fourth-order valence-electron chi connectivity index (χ4n) is 2.46. The molecule has 5 nitrogen and oxygen atoms in total. The van der Waals surface area contributed by atoms with E-state index in [4.69, 9.17) is 20.9 Å². The Hall–Kier alpha value is -2.79. The molecule has 0 aliphatic carbocycles. The smallest absolute Gasteiger partial charge is 0.255 e. The number of aromatic nitrogens is 1. The van der Waals surface area contributed by atoms with Crippen molar-refractivity contribution in [3.05, 3.63) is 75.6 Å². The standard InChI is InChI=1S/C20H19ClN2O3/c1-12-7-8-16(10-19(12)21)22-20(24)15-5-4-6-17(9-15)25-11-18-13(2)23-26-14(18)3/h4-10H,11H2,1-3H3,(H,22,24). The highest BCUT2D eigenvalue weighted by Crippen LogP contribution is 2.22. The Morgan fingerprint density at radius 3 is 2.69 bits per heavy atom. The van der Waals surface area contributed by atoms with Gasteiger partial charge in [-0.15, -0.1) is 0 Å². The molecule has 0 fully saturated rings. The molecule has 0 spiro atoms. The van der Waals surface area contributed by atoms with Gasteiger partial charge in [0, 0.05) is 16.3 Å². The summed E-state index contributed by atoms with van der Waals surface area (Å²) in [6, 6.07) is 12.4. The number of carbonyl (C=O) groups excluding carboxylic acids is 1. The van der Waals surface area contributed by atoms with E-state index in [9.17, 15) is 4.79 Å². The summed E-state index contributed by atoms with van der Waals surface area (Å²) in [4.78, 5) is 12.5. The number of carbonyl (C=O) groups is 1. The molecule has 1 N–H and O–H groups in total. The van der Waals surface area contributed by atoms with Crippen LogP contribution < -0.4 is 10.1 Å². The number of aryl methyl sites for hydroxylation is 3. The van der Waals surface area contributed by atoms with Crippen molar-refractivity contribution < 1.29 is 14.1 Å². The van der Waals surface area contributed by atoms with Crippen molar-refractivity contribution in [3.63, 3.8) is 0 Å². The van der Waals surface area contributed by atoms with E-state index in [2.05, 4.69) is 10.5 Å². The molecule has 3 rings (SSSR count). The van der Waals surface area contributed by atoms with Gasteiger partial charge in [-0.3, -0.25) is 4.79 Å². The summed E-state index contributed by atoms with van der Waals surface area (Å²) in [5.41, 5.74) is 3.81. The van der Waals surface area contributed by atoms with Crippen LogP contribution in [0.1, 0.15) is 32.9 Å². The van der Waals surface area contributed by atoms with Gasteiger partial charge in [0.25, 0.3) is 5.91 Å². The summed E-state index contributed by atoms with van der Waals surface area (Å²) in [6.45, 7) is 5.95. The number of nitrogens with zero attached hydrogens (tertiary/aromatic N) is 1. The first-order valence-corrected chi connectivity index (χ1v) is 8.54. The highest BCUT2D eigenvalue weighted by molar-refractivity contribution is 6.31. The number of benzene rings is 2. The Bertz CT molecular complexity index is 930. The first-order chi connectivity index (χ1) is 12.4. The van der Waals surface area contributed by atoms with E-state index in [0.717, 1.165) is 22.6 Å². The summed E-state index contributed by atoms with van der Waals surface area (Å²) < 4.78 is 10.9. The maximum Gasteiger partial charge on any atom is 0.255 e. The molecule has 2 aromatic carbocycles. The molecule has 0 atom stereocenters. The lowest BCUT2D eigenvalue weighted by Crippen LogP contribution is -2.12. The summed E-state index contributed by atoms with van der Waals surface area (Å²) in [5.74, 6) is 1.10. The zero-order valence-electron chi connectivity index (χ0n) is 14.8. The van der Waals surface area contributed by atoms with Crippen molar-refractivity contribution in [2.75, 3.05) is 5.32 Å². The van der Waals surface area contributed by atoms with Gasteiger partial charge < -0.3 is 14.6 Å². The summed E-state index contributed by atoms with van der Waals surface area (Å²) in [6.07, 6.45) is 0. The maximum atomic E-state index is 12.5. The van der Waals surface area contributed by atoms with Crippen LogP contribution in [0.2, 0.25) is 5.02 Å². The Kier molecular flexibility index (Phi) is 5.28. The minimum atomic E-state index is -0.229. The molecule has 1 heterocycles. The van der Waals surface area contributed by atoms with Crippen LogP contribution in [-0.2, 0) is 6.61 Å². The van der Waals surface area contributed by atoms with E-state index in [1.54, 1.807) is 30.3 Å². The number of halogens is 1. The van der Waals surface area contributed by atoms with Gasteiger partial charge in [-0.1, -0.05) is 28.9 Å². The Balaban J connectivity index is 1.70. The second-order valence-corrected chi connectivity index (χ2v) is 6.44. The number of rotatable bonds is 5. The molecular formula is C20H19ClN2O3. The first kappa shape index (κ1) is 18.0. The molecule has 6 heteroatoms. The normalized spacial score (nSPS) is 10.6. The van der Waals surface area contributed by atoms with Gasteiger partial charge >= 0.3 is 0 Å². The average molecular weight is 371 g/mol. The van der Waals surface area contributed by atoms with Crippen LogP contribution >= 0.6 is 11.6 Å². The molecule has 0 aliphatic rings. The van der Waals surface area contributed by atoms with Gasteiger partial charge in [-0.2, -0.15) is 0 Å². The Morgan fingerprint density at radius 1 is 1.19 bits per heavy atom. The van der Waals surface area contributed by atoms with E-state index >= 15 is 0 Å². The van der Waals surface area contributed by atoms with Gasteiger partial charge in [-0.25, -0.2) is 0 Å². The lowest BCUT2D eigenvalue weighted by atomic mass is 10.1. The highest BCUT2D eigenvalue weighted by atomic mass is 35.5. The molecule has 1 amide bonds. The van der Waals surface area contributed by atoms with Crippen molar-refractivity contribution in [1.29, 1.82) is 0 Å². The largest absolute Gasteiger partial charge is 0.489 e. The molecule has 134 valence electrons. The first-order valence-electron chi connectivity index (χ1n) is 8.16. The summed E-state index contributed by atoms with van der Waals surface area (Å²) >= 11 is 6.10. The monoisotopic (exact) mass is 370 g/mol. The number of amides is 1. The van der Waals surface area contributed by atoms with Crippen LogP contribution in [0.15, 0.2) is 47.0 Å². The minimum absolute atomic E-state index is 0.229. The predicted molar refractivity (Wildman–Crippen MR) is 101 cm³/mol. The van der Waals surface area contributed by atoms with Crippen molar-refractivity contribution in [2.24, 2.45) is 0 Å². The Morgan fingerprint density at radius 2 is 2.00 bits per heavy atom. The van der Waals surface area contributed by atoms with E-state index in [1.165, 1.54) is 0 Å². The zero-order valence-corrected chi connectivity index (χ0v) is 15.6. The third-order valence-electron chi connectivity index (χ3n) is 4.09. The molecule has 0 aliphatic heterocycles. The van der Waals surface area contributed by atoms with Crippen LogP contribution in [0.4, 0.5) is 5.69 Å². The zero-order chi connectivity index (χ0) is 18.7. The van der Waals surface area contributed by atoms with Crippen molar-refractivity contribution >= 4 is 23.2 Å². The van der Waals surface area contributed by atoms with E-state index < -0.39 is 0 Å². The molecule has 1 aromatic heterocycles. The molecular weight excluding hydrogens is 352 g/mol. The van der Waals surface area contributed by atoms with Gasteiger partial charge in [0.2, 0.25) is 0 Å². The molecule has 0 saturated heterocycles. The van der Waals surface area contributed by atoms with Gasteiger partial charge in [-0.05, 0) is 56.7 Å². The average Bonchev–Trinajstić information content (AvgIpc) is 2.94. The third kappa shape index (κ3) is 4.06. The quantitative estimate of drug-likeness (QED) is 0.679. The third-order valence-corrected chi connectivity index (χ3v) is 4.50. The van der Waals surface area contributed by atoms with Crippen LogP contribution in [0.5, 0.6) is 5.75 Å². The summed E-state index contributed by atoms with van der Waals surface area (Å²) in [5, 5.41) is 7.35. The van der Waals surface area contributed by atoms with E-state index in [-0.39, 0.29) is 5.91 Å². The second-order valence-electron chi connectivity index (χ2n) is 6.04. The number of hydrogen-bond acceptors (Lipinski definition) is 4. The van der Waals surface area contributed by atoms with Gasteiger partial charge in [0.05, 0.1) is 11.3 Å². The van der Waals surface area contributed by atoms with Crippen molar-refractivity contribution in [2.45, 2.75) is 27.4 Å².